The normalized spacial score (nSPS) is 14.3. The Hall–Kier alpha value is -3.28. The summed E-state index contributed by atoms with van der Waals surface area (Å²) < 4.78 is 4.70. The molecule has 6 heteroatoms. The fourth-order valence-electron chi connectivity index (χ4n) is 3.93. The van der Waals surface area contributed by atoms with Crippen LogP contribution in [-0.2, 0) is 4.74 Å². The Morgan fingerprint density at radius 1 is 1.00 bits per heavy atom. The van der Waals surface area contributed by atoms with E-state index < -0.39 is 5.97 Å². The number of H-pyrrole nitrogens is 1. The molecule has 0 aliphatic carbocycles. The Labute approximate surface area is 169 Å². The summed E-state index contributed by atoms with van der Waals surface area (Å²) >= 11 is 0. The van der Waals surface area contributed by atoms with E-state index in [1.807, 2.05) is 19.1 Å². The number of aromatic nitrogens is 1. The molecule has 0 atom stereocenters. The van der Waals surface area contributed by atoms with Crippen molar-refractivity contribution in [1.82, 2.24) is 4.98 Å². The Kier molecular flexibility index (Phi) is 5.01. The summed E-state index contributed by atoms with van der Waals surface area (Å²) in [5.74, 6) is -0.623. The number of nitrogens with zero attached hydrogens (tertiary/aromatic N) is 2. The first kappa shape index (κ1) is 19.1. The Balaban J connectivity index is 1.58. The van der Waals surface area contributed by atoms with Gasteiger partial charge in [-0.3, -0.25) is 4.79 Å². The van der Waals surface area contributed by atoms with Crippen LogP contribution in [0.5, 0.6) is 0 Å². The molecule has 1 aromatic heterocycles. The van der Waals surface area contributed by atoms with E-state index in [9.17, 15) is 9.59 Å². The molecule has 0 amide bonds. The Bertz CT molecular complexity index is 1110. The van der Waals surface area contributed by atoms with E-state index in [-0.39, 0.29) is 11.0 Å². The predicted molar refractivity (Wildman–Crippen MR) is 116 cm³/mol. The lowest BCUT2D eigenvalue weighted by molar-refractivity contribution is 0.0599. The number of ether oxygens (including phenoxy) is 1. The molecule has 1 fully saturated rings. The van der Waals surface area contributed by atoms with Crippen molar-refractivity contribution < 1.29 is 9.53 Å². The molecule has 29 heavy (non-hydrogen) atoms. The molecule has 3 aromatic rings. The first-order valence-electron chi connectivity index (χ1n) is 9.79. The third-order valence-electron chi connectivity index (χ3n) is 5.62. The molecular weight excluding hydrogens is 366 g/mol. The van der Waals surface area contributed by atoms with Gasteiger partial charge in [-0.2, -0.15) is 0 Å². The summed E-state index contributed by atoms with van der Waals surface area (Å²) in [6.45, 7) is 7.81. The molecule has 0 radical (unpaired) electrons. The van der Waals surface area contributed by atoms with E-state index in [2.05, 4.69) is 46.0 Å². The van der Waals surface area contributed by atoms with Crippen molar-refractivity contribution in [2.24, 2.45) is 0 Å². The monoisotopic (exact) mass is 391 g/mol. The van der Waals surface area contributed by atoms with Gasteiger partial charge >= 0.3 is 5.97 Å². The molecule has 0 bridgehead atoms. The number of esters is 1. The molecule has 4 rings (SSSR count). The number of aromatic amines is 1. The van der Waals surface area contributed by atoms with Gasteiger partial charge < -0.3 is 19.5 Å². The minimum atomic E-state index is -0.623. The van der Waals surface area contributed by atoms with Gasteiger partial charge in [0.25, 0.3) is 0 Å². The third kappa shape index (κ3) is 3.58. The molecular formula is C23H25N3O3. The molecule has 1 aliphatic heterocycles. The van der Waals surface area contributed by atoms with Gasteiger partial charge in [0.05, 0.1) is 12.6 Å². The van der Waals surface area contributed by atoms with E-state index in [0.29, 0.717) is 5.39 Å². The van der Waals surface area contributed by atoms with Crippen LogP contribution in [0.3, 0.4) is 0 Å². The maximum absolute atomic E-state index is 12.7. The second kappa shape index (κ2) is 7.62. The molecule has 1 N–H and O–H groups in total. The van der Waals surface area contributed by atoms with Crippen LogP contribution in [0.15, 0.2) is 47.4 Å². The van der Waals surface area contributed by atoms with Gasteiger partial charge in [0, 0.05) is 49.1 Å². The van der Waals surface area contributed by atoms with Crippen LogP contribution in [0.1, 0.15) is 21.5 Å². The lowest BCUT2D eigenvalue weighted by Gasteiger charge is -2.38. The number of fused-ring (bicyclic) bond motifs is 1. The van der Waals surface area contributed by atoms with Gasteiger partial charge in [0.15, 0.2) is 0 Å². The smallest absolute Gasteiger partial charge is 0.343 e. The SMILES string of the molecule is COC(=O)c1c[nH]c2cc(N3CCN(c4ccc(C)cc4)CC3)c(C)cc2c1=O. The number of carbonyl (C=O) groups excluding carboxylic acids is 1. The standard InChI is InChI=1S/C23H25N3O3/c1-15-4-6-17(7-5-15)25-8-10-26(11-9-25)21-13-20-18(12-16(21)2)22(27)19(14-24-20)23(28)29-3/h4-7,12-14H,8-11H2,1-3H3,(H,24,27). The van der Waals surface area contributed by atoms with Crippen molar-refractivity contribution in [3.63, 3.8) is 0 Å². The summed E-state index contributed by atoms with van der Waals surface area (Å²) in [6, 6.07) is 12.5. The molecule has 6 nitrogen and oxygen atoms in total. The summed E-state index contributed by atoms with van der Waals surface area (Å²) in [5, 5.41) is 0.507. The zero-order chi connectivity index (χ0) is 20.5. The average Bonchev–Trinajstić information content (AvgIpc) is 2.74. The number of benzene rings is 2. The Morgan fingerprint density at radius 2 is 1.66 bits per heavy atom. The lowest BCUT2D eigenvalue weighted by Crippen LogP contribution is -2.46. The highest BCUT2D eigenvalue weighted by atomic mass is 16.5. The van der Waals surface area contributed by atoms with E-state index >= 15 is 0 Å². The van der Waals surface area contributed by atoms with Gasteiger partial charge in [-0.1, -0.05) is 17.7 Å². The molecule has 2 aromatic carbocycles. The Morgan fingerprint density at radius 3 is 2.31 bits per heavy atom. The zero-order valence-electron chi connectivity index (χ0n) is 17.0. The second-order valence-corrected chi connectivity index (χ2v) is 7.52. The van der Waals surface area contributed by atoms with Gasteiger partial charge in [-0.15, -0.1) is 0 Å². The van der Waals surface area contributed by atoms with E-state index in [4.69, 9.17) is 4.74 Å². The number of aryl methyl sites for hydroxylation is 2. The largest absolute Gasteiger partial charge is 0.465 e. The number of nitrogens with one attached hydrogen (secondary N) is 1. The van der Waals surface area contributed by atoms with E-state index in [0.717, 1.165) is 42.9 Å². The lowest BCUT2D eigenvalue weighted by atomic mass is 10.1. The highest BCUT2D eigenvalue weighted by molar-refractivity contribution is 5.94. The first-order valence-corrected chi connectivity index (χ1v) is 9.79. The highest BCUT2D eigenvalue weighted by Crippen LogP contribution is 2.27. The first-order chi connectivity index (χ1) is 14.0. The van der Waals surface area contributed by atoms with Crippen LogP contribution < -0.4 is 15.2 Å². The number of carbonyl (C=O) groups is 1. The summed E-state index contributed by atoms with van der Waals surface area (Å²) in [5.41, 5.74) is 5.11. The van der Waals surface area contributed by atoms with Crippen LogP contribution in [0.4, 0.5) is 11.4 Å². The molecule has 1 saturated heterocycles. The average molecular weight is 391 g/mol. The van der Waals surface area contributed by atoms with Crippen LogP contribution >= 0.6 is 0 Å². The van der Waals surface area contributed by atoms with Crippen molar-refractivity contribution >= 4 is 28.2 Å². The van der Waals surface area contributed by atoms with Crippen molar-refractivity contribution in [1.29, 1.82) is 0 Å². The van der Waals surface area contributed by atoms with Gasteiger partial charge in [-0.25, -0.2) is 4.79 Å². The van der Waals surface area contributed by atoms with Crippen LogP contribution in [0, 0.1) is 13.8 Å². The van der Waals surface area contributed by atoms with Gasteiger partial charge in [0.2, 0.25) is 5.43 Å². The van der Waals surface area contributed by atoms with Crippen LogP contribution in [-0.4, -0.2) is 44.2 Å². The molecule has 0 unspecified atom stereocenters. The quantitative estimate of drug-likeness (QED) is 0.695. The predicted octanol–water partition coefficient (Wildman–Crippen LogP) is 3.26. The minimum Gasteiger partial charge on any atom is -0.465 e. The van der Waals surface area contributed by atoms with Gasteiger partial charge in [0.1, 0.15) is 5.56 Å². The fourth-order valence-corrected chi connectivity index (χ4v) is 3.93. The molecule has 150 valence electrons. The molecule has 1 aliphatic rings. The van der Waals surface area contributed by atoms with Crippen LogP contribution in [0.2, 0.25) is 0 Å². The van der Waals surface area contributed by atoms with Crippen molar-refractivity contribution in [2.45, 2.75) is 13.8 Å². The number of rotatable bonds is 3. The number of anilines is 2. The van der Waals surface area contributed by atoms with Crippen molar-refractivity contribution in [3.05, 3.63) is 69.5 Å². The summed E-state index contributed by atoms with van der Waals surface area (Å²) in [6.07, 6.45) is 1.44. The van der Waals surface area contributed by atoms with Crippen LogP contribution in [0.25, 0.3) is 10.9 Å². The number of hydrogen-bond donors (Lipinski definition) is 1. The van der Waals surface area contributed by atoms with Crippen molar-refractivity contribution in [3.8, 4) is 0 Å². The topological polar surface area (TPSA) is 65.6 Å². The zero-order valence-corrected chi connectivity index (χ0v) is 17.0. The van der Waals surface area contributed by atoms with Crippen molar-refractivity contribution in [2.75, 3.05) is 43.1 Å². The summed E-state index contributed by atoms with van der Waals surface area (Å²) in [7, 11) is 1.27. The molecule has 0 spiro atoms. The highest BCUT2D eigenvalue weighted by Gasteiger charge is 2.20. The van der Waals surface area contributed by atoms with E-state index in [1.54, 1.807) is 0 Å². The number of piperazine rings is 1. The van der Waals surface area contributed by atoms with Gasteiger partial charge in [-0.05, 0) is 43.7 Å². The number of methoxy groups -OCH3 is 1. The van der Waals surface area contributed by atoms with E-state index in [1.165, 1.54) is 24.6 Å². The second-order valence-electron chi connectivity index (χ2n) is 7.52. The fraction of sp³-hybridized carbons (Fsp3) is 0.304. The number of pyridine rings is 1. The molecule has 0 saturated carbocycles. The maximum atomic E-state index is 12.7. The maximum Gasteiger partial charge on any atom is 0.343 e. The molecule has 2 heterocycles. The summed E-state index contributed by atoms with van der Waals surface area (Å²) in [4.78, 5) is 32.3. The minimum absolute atomic E-state index is 0.0267. The third-order valence-corrected chi connectivity index (χ3v) is 5.62. The number of hydrogen-bond acceptors (Lipinski definition) is 5.